The van der Waals surface area contributed by atoms with Gasteiger partial charge >= 0.3 is 0 Å². The summed E-state index contributed by atoms with van der Waals surface area (Å²) in [7, 11) is 0. The van der Waals surface area contributed by atoms with E-state index in [0.717, 1.165) is 48.2 Å². The van der Waals surface area contributed by atoms with Gasteiger partial charge in [0.2, 0.25) is 0 Å². The predicted octanol–water partition coefficient (Wildman–Crippen LogP) is 4.50. The van der Waals surface area contributed by atoms with E-state index in [0.29, 0.717) is 6.04 Å². The molecule has 1 fully saturated rings. The van der Waals surface area contributed by atoms with Gasteiger partial charge in [0, 0.05) is 47.6 Å². The minimum absolute atomic E-state index is 0.432. The summed E-state index contributed by atoms with van der Waals surface area (Å²) in [6.45, 7) is 1.99. The van der Waals surface area contributed by atoms with Crippen molar-refractivity contribution < 1.29 is 4.52 Å². The number of fused-ring (bicyclic) bond motifs is 1. The summed E-state index contributed by atoms with van der Waals surface area (Å²) in [6.07, 6.45) is 4.67. The van der Waals surface area contributed by atoms with Gasteiger partial charge in [0.15, 0.2) is 0 Å². The number of aryl methyl sites for hydroxylation is 1. The van der Waals surface area contributed by atoms with Crippen molar-refractivity contribution in [3.05, 3.63) is 51.9 Å². The summed E-state index contributed by atoms with van der Waals surface area (Å²) in [4.78, 5) is 2.55. The average molecular weight is 349 g/mol. The second-order valence-corrected chi connectivity index (χ2v) is 7.94. The van der Waals surface area contributed by atoms with E-state index in [4.69, 9.17) is 16.1 Å². The summed E-state index contributed by atoms with van der Waals surface area (Å²) in [5.74, 6) is 3.44. The maximum absolute atomic E-state index is 6.04. The number of halogens is 1. The van der Waals surface area contributed by atoms with Gasteiger partial charge in [0.1, 0.15) is 11.5 Å². The van der Waals surface area contributed by atoms with Gasteiger partial charge in [0.05, 0.1) is 0 Å². The minimum atomic E-state index is 0.432. The summed E-state index contributed by atoms with van der Waals surface area (Å²) < 4.78 is 5.59. The van der Waals surface area contributed by atoms with Crippen LogP contribution in [-0.4, -0.2) is 28.1 Å². The SMILES string of the molecule is Clc1ccc(C2CSCCN2Cc2noc3c2CCCC3)cc1. The van der Waals surface area contributed by atoms with Gasteiger partial charge in [-0.3, -0.25) is 4.90 Å². The van der Waals surface area contributed by atoms with Crippen LogP contribution in [-0.2, 0) is 19.4 Å². The second kappa shape index (κ2) is 6.88. The van der Waals surface area contributed by atoms with Gasteiger partial charge < -0.3 is 4.52 Å². The highest BCUT2D eigenvalue weighted by Gasteiger charge is 2.27. The Labute approximate surface area is 146 Å². The summed E-state index contributed by atoms with van der Waals surface area (Å²) >= 11 is 8.07. The van der Waals surface area contributed by atoms with Crippen LogP contribution in [0.4, 0.5) is 0 Å². The molecule has 0 radical (unpaired) electrons. The Bertz CT molecular complexity index is 670. The smallest absolute Gasteiger partial charge is 0.140 e. The van der Waals surface area contributed by atoms with Crippen molar-refractivity contribution in [3.63, 3.8) is 0 Å². The van der Waals surface area contributed by atoms with Crippen molar-refractivity contribution in [2.75, 3.05) is 18.1 Å². The molecule has 2 aliphatic rings. The molecule has 2 heterocycles. The quantitative estimate of drug-likeness (QED) is 0.816. The number of benzene rings is 1. The van der Waals surface area contributed by atoms with Crippen molar-refractivity contribution >= 4 is 23.4 Å². The van der Waals surface area contributed by atoms with Gasteiger partial charge in [-0.25, -0.2) is 0 Å². The van der Waals surface area contributed by atoms with Crippen molar-refractivity contribution in [2.45, 2.75) is 38.3 Å². The van der Waals surface area contributed by atoms with Gasteiger partial charge in [0.25, 0.3) is 0 Å². The molecule has 122 valence electrons. The topological polar surface area (TPSA) is 29.3 Å². The van der Waals surface area contributed by atoms with Gasteiger partial charge in [-0.15, -0.1) is 0 Å². The third-order valence-electron chi connectivity index (χ3n) is 4.88. The third-order valence-corrected chi connectivity index (χ3v) is 6.15. The Morgan fingerprint density at radius 3 is 2.91 bits per heavy atom. The van der Waals surface area contributed by atoms with E-state index < -0.39 is 0 Å². The molecule has 1 aliphatic carbocycles. The van der Waals surface area contributed by atoms with Crippen molar-refractivity contribution in [1.29, 1.82) is 0 Å². The zero-order valence-electron chi connectivity index (χ0n) is 13.1. The molecule has 0 amide bonds. The number of hydrogen-bond donors (Lipinski definition) is 0. The minimum Gasteiger partial charge on any atom is -0.361 e. The number of aromatic nitrogens is 1. The molecule has 1 atom stereocenters. The van der Waals surface area contributed by atoms with E-state index >= 15 is 0 Å². The van der Waals surface area contributed by atoms with Crippen LogP contribution >= 0.6 is 23.4 Å². The third kappa shape index (κ3) is 3.30. The standard InChI is InChI=1S/C18H21ClN2OS/c19-14-7-5-13(6-8-14)17-12-23-10-9-21(17)11-16-15-3-1-2-4-18(15)22-20-16/h5-8,17H,1-4,9-12H2. The fraction of sp³-hybridized carbons (Fsp3) is 0.500. The van der Waals surface area contributed by atoms with Crippen LogP contribution < -0.4 is 0 Å². The van der Waals surface area contributed by atoms with Gasteiger partial charge in [-0.05, 0) is 37.0 Å². The van der Waals surface area contributed by atoms with Crippen LogP contribution in [0.25, 0.3) is 0 Å². The lowest BCUT2D eigenvalue weighted by Gasteiger charge is -2.35. The molecule has 5 heteroatoms. The molecule has 2 aromatic rings. The highest BCUT2D eigenvalue weighted by molar-refractivity contribution is 7.99. The van der Waals surface area contributed by atoms with E-state index in [-0.39, 0.29) is 0 Å². The van der Waals surface area contributed by atoms with E-state index in [1.54, 1.807) is 0 Å². The number of thioether (sulfide) groups is 1. The molecule has 0 bridgehead atoms. The molecule has 23 heavy (non-hydrogen) atoms. The lowest BCUT2D eigenvalue weighted by molar-refractivity contribution is 0.205. The predicted molar refractivity (Wildman–Crippen MR) is 95.1 cm³/mol. The first-order chi connectivity index (χ1) is 11.3. The first-order valence-electron chi connectivity index (χ1n) is 8.35. The molecule has 1 unspecified atom stereocenters. The molecule has 3 nitrogen and oxygen atoms in total. The second-order valence-electron chi connectivity index (χ2n) is 6.35. The van der Waals surface area contributed by atoms with E-state index in [9.17, 15) is 0 Å². The van der Waals surface area contributed by atoms with Crippen LogP contribution in [0, 0.1) is 0 Å². The van der Waals surface area contributed by atoms with Crippen LogP contribution in [0.3, 0.4) is 0 Å². The highest BCUT2D eigenvalue weighted by Crippen LogP contribution is 2.33. The Hall–Kier alpha value is -0.970. The lowest BCUT2D eigenvalue weighted by atomic mass is 9.96. The molecular weight excluding hydrogens is 328 g/mol. The van der Waals surface area contributed by atoms with Crippen molar-refractivity contribution in [2.24, 2.45) is 0 Å². The maximum Gasteiger partial charge on any atom is 0.140 e. The average Bonchev–Trinajstić information content (AvgIpc) is 3.00. The Morgan fingerprint density at radius 1 is 1.22 bits per heavy atom. The molecule has 4 rings (SSSR count). The van der Waals surface area contributed by atoms with Crippen LogP contribution in [0.5, 0.6) is 0 Å². The molecular formula is C18H21ClN2OS. The lowest BCUT2D eigenvalue weighted by Crippen LogP contribution is -2.36. The molecule has 0 spiro atoms. The van der Waals surface area contributed by atoms with Crippen molar-refractivity contribution in [3.8, 4) is 0 Å². The molecule has 0 saturated carbocycles. The van der Waals surface area contributed by atoms with E-state index in [1.165, 1.54) is 29.7 Å². The number of hydrogen-bond acceptors (Lipinski definition) is 4. The fourth-order valence-corrected chi connectivity index (χ4v) is 4.87. The van der Waals surface area contributed by atoms with Crippen LogP contribution in [0.1, 0.15) is 41.5 Å². The number of nitrogens with zero attached hydrogens (tertiary/aromatic N) is 2. The largest absolute Gasteiger partial charge is 0.361 e. The van der Waals surface area contributed by atoms with E-state index in [2.05, 4.69) is 22.2 Å². The van der Waals surface area contributed by atoms with E-state index in [1.807, 2.05) is 23.9 Å². The van der Waals surface area contributed by atoms with Crippen LogP contribution in [0.15, 0.2) is 28.8 Å². The maximum atomic E-state index is 6.04. The fourth-order valence-electron chi connectivity index (χ4n) is 3.58. The summed E-state index contributed by atoms with van der Waals surface area (Å²) in [5.41, 5.74) is 3.88. The molecule has 1 aromatic heterocycles. The Balaban J connectivity index is 1.56. The zero-order valence-corrected chi connectivity index (χ0v) is 14.7. The monoisotopic (exact) mass is 348 g/mol. The molecule has 1 saturated heterocycles. The first-order valence-corrected chi connectivity index (χ1v) is 9.88. The van der Waals surface area contributed by atoms with Gasteiger partial charge in [-0.2, -0.15) is 11.8 Å². The summed E-state index contributed by atoms with van der Waals surface area (Å²) in [5, 5.41) is 5.19. The normalized spacial score (nSPS) is 22.0. The Kier molecular flexibility index (Phi) is 4.65. The Morgan fingerprint density at radius 2 is 2.04 bits per heavy atom. The number of rotatable bonds is 3. The van der Waals surface area contributed by atoms with Gasteiger partial charge in [-0.1, -0.05) is 28.9 Å². The van der Waals surface area contributed by atoms with Crippen LogP contribution in [0.2, 0.25) is 5.02 Å². The molecule has 1 aromatic carbocycles. The first kappa shape index (κ1) is 15.6. The summed E-state index contributed by atoms with van der Waals surface area (Å²) in [6, 6.07) is 8.73. The van der Waals surface area contributed by atoms with Crippen molar-refractivity contribution in [1.82, 2.24) is 10.1 Å². The zero-order chi connectivity index (χ0) is 15.6. The highest BCUT2D eigenvalue weighted by atomic mass is 35.5. The molecule has 0 N–H and O–H groups in total. The molecule has 1 aliphatic heterocycles.